The van der Waals surface area contributed by atoms with Crippen LogP contribution in [0.4, 0.5) is 5.69 Å². The van der Waals surface area contributed by atoms with Gasteiger partial charge in [0.2, 0.25) is 0 Å². The van der Waals surface area contributed by atoms with Crippen LogP contribution in [0.5, 0.6) is 0 Å². The molecular formula is C14H22N2O2. The molecule has 1 heterocycles. The summed E-state index contributed by atoms with van der Waals surface area (Å²) in [6, 6.07) is 8.48. The quantitative estimate of drug-likeness (QED) is 0.881. The second kappa shape index (κ2) is 5.69. The van der Waals surface area contributed by atoms with E-state index in [9.17, 15) is 0 Å². The van der Waals surface area contributed by atoms with Crippen molar-refractivity contribution >= 4 is 5.69 Å². The molecule has 18 heavy (non-hydrogen) atoms. The van der Waals surface area contributed by atoms with Gasteiger partial charge in [-0.25, -0.2) is 0 Å². The van der Waals surface area contributed by atoms with Crippen LogP contribution < -0.4 is 10.6 Å². The Labute approximate surface area is 109 Å². The van der Waals surface area contributed by atoms with Crippen LogP contribution in [0.3, 0.4) is 0 Å². The normalized spacial score (nSPS) is 25.4. The van der Waals surface area contributed by atoms with E-state index in [1.54, 1.807) is 14.2 Å². The third-order valence-electron chi connectivity index (χ3n) is 3.60. The van der Waals surface area contributed by atoms with Gasteiger partial charge in [-0.15, -0.1) is 0 Å². The summed E-state index contributed by atoms with van der Waals surface area (Å²) < 4.78 is 10.9. The van der Waals surface area contributed by atoms with Crippen LogP contribution in [0.1, 0.15) is 18.5 Å². The van der Waals surface area contributed by atoms with E-state index in [1.807, 2.05) is 6.92 Å². The predicted molar refractivity (Wildman–Crippen MR) is 72.9 cm³/mol. The summed E-state index contributed by atoms with van der Waals surface area (Å²) in [5.41, 5.74) is 8.20. The van der Waals surface area contributed by atoms with Gasteiger partial charge in [-0.1, -0.05) is 12.1 Å². The zero-order chi connectivity index (χ0) is 13.1. The molecule has 1 saturated heterocycles. The van der Waals surface area contributed by atoms with Gasteiger partial charge in [-0.2, -0.15) is 0 Å². The molecule has 1 aromatic rings. The SMILES string of the molecule is COC1CN(c2ccc([C@@H](C)N)cc2)CC1OC. The van der Waals surface area contributed by atoms with Gasteiger partial charge in [0, 0.05) is 39.0 Å². The van der Waals surface area contributed by atoms with Gasteiger partial charge in [-0.05, 0) is 24.6 Å². The Kier molecular flexibility index (Phi) is 4.22. The van der Waals surface area contributed by atoms with E-state index >= 15 is 0 Å². The minimum Gasteiger partial charge on any atom is -0.377 e. The summed E-state index contributed by atoms with van der Waals surface area (Å²) in [5.74, 6) is 0. The first-order valence-electron chi connectivity index (χ1n) is 6.31. The molecule has 2 N–H and O–H groups in total. The molecule has 3 atom stereocenters. The van der Waals surface area contributed by atoms with Gasteiger partial charge in [-0.3, -0.25) is 0 Å². The third kappa shape index (κ3) is 2.66. The van der Waals surface area contributed by atoms with E-state index in [0.29, 0.717) is 0 Å². The summed E-state index contributed by atoms with van der Waals surface area (Å²) >= 11 is 0. The number of ether oxygens (including phenoxy) is 2. The van der Waals surface area contributed by atoms with Crippen molar-refractivity contribution in [1.29, 1.82) is 0 Å². The molecule has 0 spiro atoms. The molecule has 1 fully saturated rings. The number of hydrogen-bond acceptors (Lipinski definition) is 4. The molecule has 1 aromatic carbocycles. The number of nitrogens with zero attached hydrogens (tertiary/aromatic N) is 1. The van der Waals surface area contributed by atoms with Gasteiger partial charge < -0.3 is 20.1 Å². The predicted octanol–water partition coefficient (Wildman–Crippen LogP) is 1.56. The standard InChI is InChI=1S/C14H22N2O2/c1-10(15)11-4-6-12(7-5-11)16-8-13(17-2)14(9-16)18-3/h4-7,10,13-14H,8-9,15H2,1-3H3/t10-,13?,14?/m1/s1. The fraction of sp³-hybridized carbons (Fsp3) is 0.571. The molecule has 4 heteroatoms. The first kappa shape index (κ1) is 13.3. The molecule has 0 amide bonds. The second-order valence-electron chi connectivity index (χ2n) is 4.83. The van der Waals surface area contributed by atoms with Crippen molar-refractivity contribution in [3.63, 3.8) is 0 Å². The van der Waals surface area contributed by atoms with Crippen molar-refractivity contribution in [3.05, 3.63) is 29.8 Å². The van der Waals surface area contributed by atoms with E-state index < -0.39 is 0 Å². The lowest BCUT2D eigenvalue weighted by Crippen LogP contribution is -2.27. The number of anilines is 1. The zero-order valence-corrected chi connectivity index (χ0v) is 11.3. The average Bonchev–Trinajstić information content (AvgIpc) is 2.82. The van der Waals surface area contributed by atoms with Crippen LogP contribution in [-0.4, -0.2) is 39.5 Å². The molecule has 0 aromatic heterocycles. The molecule has 0 aliphatic carbocycles. The Balaban J connectivity index is 2.08. The summed E-state index contributed by atoms with van der Waals surface area (Å²) in [6.45, 7) is 3.73. The number of rotatable bonds is 4. The van der Waals surface area contributed by atoms with Gasteiger partial charge in [0.25, 0.3) is 0 Å². The van der Waals surface area contributed by atoms with Crippen molar-refractivity contribution in [3.8, 4) is 0 Å². The summed E-state index contributed by atoms with van der Waals surface area (Å²) in [4.78, 5) is 2.29. The Morgan fingerprint density at radius 2 is 1.61 bits per heavy atom. The van der Waals surface area contributed by atoms with E-state index in [4.69, 9.17) is 15.2 Å². The summed E-state index contributed by atoms with van der Waals surface area (Å²) in [7, 11) is 3.47. The highest BCUT2D eigenvalue weighted by atomic mass is 16.5. The van der Waals surface area contributed by atoms with Crippen molar-refractivity contribution in [2.75, 3.05) is 32.2 Å². The molecule has 4 nitrogen and oxygen atoms in total. The molecule has 2 unspecified atom stereocenters. The highest BCUT2D eigenvalue weighted by Crippen LogP contribution is 2.24. The molecule has 1 aliphatic heterocycles. The Hall–Kier alpha value is -1.10. The lowest BCUT2D eigenvalue weighted by molar-refractivity contribution is -0.00461. The number of methoxy groups -OCH3 is 2. The van der Waals surface area contributed by atoms with Crippen LogP contribution in [-0.2, 0) is 9.47 Å². The highest BCUT2D eigenvalue weighted by molar-refractivity contribution is 5.49. The van der Waals surface area contributed by atoms with Crippen molar-refractivity contribution in [2.24, 2.45) is 5.73 Å². The first-order valence-corrected chi connectivity index (χ1v) is 6.31. The van der Waals surface area contributed by atoms with Crippen molar-refractivity contribution < 1.29 is 9.47 Å². The molecule has 100 valence electrons. The molecule has 0 saturated carbocycles. The van der Waals surface area contributed by atoms with Gasteiger partial charge in [0.05, 0.1) is 0 Å². The largest absolute Gasteiger partial charge is 0.377 e. The topological polar surface area (TPSA) is 47.7 Å². The third-order valence-corrected chi connectivity index (χ3v) is 3.60. The van der Waals surface area contributed by atoms with Gasteiger partial charge in [0.1, 0.15) is 12.2 Å². The van der Waals surface area contributed by atoms with Gasteiger partial charge in [0.15, 0.2) is 0 Å². The van der Waals surface area contributed by atoms with Crippen LogP contribution in [0.2, 0.25) is 0 Å². The lowest BCUT2D eigenvalue weighted by Gasteiger charge is -2.18. The number of nitrogens with two attached hydrogens (primary N) is 1. The fourth-order valence-electron chi connectivity index (χ4n) is 2.40. The number of hydrogen-bond donors (Lipinski definition) is 1. The lowest BCUT2D eigenvalue weighted by atomic mass is 10.1. The maximum atomic E-state index is 5.85. The highest BCUT2D eigenvalue weighted by Gasteiger charge is 2.32. The Bertz CT molecular complexity index is 366. The van der Waals surface area contributed by atoms with Crippen LogP contribution in [0.25, 0.3) is 0 Å². The Morgan fingerprint density at radius 3 is 2.00 bits per heavy atom. The van der Waals surface area contributed by atoms with Gasteiger partial charge >= 0.3 is 0 Å². The summed E-state index contributed by atoms with van der Waals surface area (Å²) in [6.07, 6.45) is 0.284. The average molecular weight is 250 g/mol. The van der Waals surface area contributed by atoms with Crippen LogP contribution in [0, 0.1) is 0 Å². The maximum Gasteiger partial charge on any atom is 0.102 e. The van der Waals surface area contributed by atoms with Crippen molar-refractivity contribution in [1.82, 2.24) is 0 Å². The smallest absolute Gasteiger partial charge is 0.102 e. The minimum absolute atomic E-state index is 0.0797. The monoisotopic (exact) mass is 250 g/mol. The maximum absolute atomic E-state index is 5.85. The summed E-state index contributed by atoms with van der Waals surface area (Å²) in [5, 5.41) is 0. The van der Waals surface area contributed by atoms with E-state index in [-0.39, 0.29) is 18.2 Å². The molecule has 0 bridgehead atoms. The molecular weight excluding hydrogens is 228 g/mol. The van der Waals surface area contributed by atoms with E-state index in [2.05, 4.69) is 29.2 Å². The van der Waals surface area contributed by atoms with Crippen molar-refractivity contribution in [2.45, 2.75) is 25.2 Å². The Morgan fingerprint density at radius 1 is 1.11 bits per heavy atom. The fourth-order valence-corrected chi connectivity index (χ4v) is 2.40. The van der Waals surface area contributed by atoms with E-state index in [1.165, 1.54) is 5.69 Å². The molecule has 1 aliphatic rings. The number of benzene rings is 1. The molecule has 0 radical (unpaired) electrons. The van der Waals surface area contributed by atoms with Crippen LogP contribution in [0.15, 0.2) is 24.3 Å². The zero-order valence-electron chi connectivity index (χ0n) is 11.3. The minimum atomic E-state index is 0.0797. The second-order valence-corrected chi connectivity index (χ2v) is 4.83. The van der Waals surface area contributed by atoms with Crippen LogP contribution >= 0.6 is 0 Å². The molecule has 2 rings (SSSR count). The first-order chi connectivity index (χ1) is 8.65. The van der Waals surface area contributed by atoms with E-state index in [0.717, 1.165) is 18.7 Å².